The number of fused-ring (bicyclic) bond motifs is 2. The number of aliphatic hydroxyl groups is 1. The van der Waals surface area contributed by atoms with Gasteiger partial charge in [-0.2, -0.15) is 0 Å². The van der Waals surface area contributed by atoms with E-state index in [2.05, 4.69) is 10.3 Å². The molecule has 4 rings (SSSR count). The van der Waals surface area contributed by atoms with Gasteiger partial charge in [-0.05, 0) is 6.92 Å². The van der Waals surface area contributed by atoms with E-state index < -0.39 is 18.0 Å². The van der Waals surface area contributed by atoms with Crippen LogP contribution in [0.2, 0.25) is 0 Å². The van der Waals surface area contributed by atoms with Crippen LogP contribution in [0.25, 0.3) is 10.4 Å². The molecule has 2 amide bonds. The Hall–Kier alpha value is -2.72. The Morgan fingerprint density at radius 2 is 2.11 bits per heavy atom. The van der Waals surface area contributed by atoms with Crippen molar-refractivity contribution in [3.05, 3.63) is 28.8 Å². The number of β-lactam (4-membered cyclic amide) rings is 1. The first-order chi connectivity index (χ1) is 12.8. The van der Waals surface area contributed by atoms with Gasteiger partial charge in [-0.1, -0.05) is 6.92 Å². The van der Waals surface area contributed by atoms with E-state index in [0.29, 0.717) is 15.3 Å². The van der Waals surface area contributed by atoms with E-state index in [1.165, 1.54) is 29.6 Å². The van der Waals surface area contributed by atoms with Crippen molar-refractivity contribution in [2.45, 2.75) is 26.0 Å². The van der Waals surface area contributed by atoms with Gasteiger partial charge in [-0.25, -0.2) is 9.78 Å². The molecule has 142 valence electrons. The Balaban J connectivity index is 1.84. The van der Waals surface area contributed by atoms with Crippen LogP contribution in [0, 0.1) is 11.8 Å². The molecule has 4 atom stereocenters. The van der Waals surface area contributed by atoms with E-state index in [0.717, 1.165) is 0 Å². The van der Waals surface area contributed by atoms with Gasteiger partial charge in [0.25, 0.3) is 5.91 Å². The predicted molar refractivity (Wildman–Crippen MR) is 96.0 cm³/mol. The third-order valence-corrected chi connectivity index (χ3v) is 6.44. The number of nitrogens with zero attached hydrogens (tertiary/aromatic N) is 3. The van der Waals surface area contributed by atoms with Crippen LogP contribution in [0.1, 0.15) is 29.2 Å². The van der Waals surface area contributed by atoms with Gasteiger partial charge < -0.3 is 20.4 Å². The third kappa shape index (κ3) is 2.26. The monoisotopic (exact) mass is 390 g/mol. The number of carboxylic acid groups (broad SMARTS) is 1. The van der Waals surface area contributed by atoms with Gasteiger partial charge in [-0.15, -0.1) is 11.3 Å². The molecule has 2 aliphatic rings. The predicted octanol–water partition coefficient (Wildman–Crippen LogP) is 0.409. The second-order valence-electron chi connectivity index (χ2n) is 6.80. The highest BCUT2D eigenvalue weighted by atomic mass is 32.1. The number of nitrogens with one attached hydrogen (secondary N) is 1. The fourth-order valence-corrected chi connectivity index (χ4v) is 5.31. The molecule has 2 aliphatic heterocycles. The Morgan fingerprint density at radius 1 is 1.41 bits per heavy atom. The van der Waals surface area contributed by atoms with Crippen LogP contribution < -0.4 is 5.32 Å². The van der Waals surface area contributed by atoms with Crippen LogP contribution >= 0.6 is 11.3 Å². The lowest BCUT2D eigenvalue weighted by Crippen LogP contribution is -2.63. The lowest BCUT2D eigenvalue weighted by molar-refractivity contribution is -0.163. The van der Waals surface area contributed by atoms with Crippen molar-refractivity contribution in [2.75, 3.05) is 7.05 Å². The molecule has 0 aliphatic carbocycles. The van der Waals surface area contributed by atoms with Crippen molar-refractivity contribution in [3.8, 4) is 0 Å². The van der Waals surface area contributed by atoms with E-state index in [-0.39, 0.29) is 35.2 Å². The van der Waals surface area contributed by atoms with Crippen molar-refractivity contribution < 1.29 is 24.6 Å². The van der Waals surface area contributed by atoms with Crippen molar-refractivity contribution >= 4 is 39.5 Å². The number of imidazole rings is 1. The quantitative estimate of drug-likeness (QED) is 0.650. The normalized spacial score (nSPS) is 25.6. The molecule has 4 heterocycles. The summed E-state index contributed by atoms with van der Waals surface area (Å²) in [5.41, 5.74) is 0.756. The van der Waals surface area contributed by atoms with Crippen LogP contribution in [0.5, 0.6) is 0 Å². The van der Waals surface area contributed by atoms with E-state index in [1.807, 2.05) is 6.92 Å². The highest BCUT2D eigenvalue weighted by Gasteiger charge is 2.60. The van der Waals surface area contributed by atoms with Crippen LogP contribution in [0.4, 0.5) is 0 Å². The molecule has 0 aromatic carbocycles. The average Bonchev–Trinajstić information content (AvgIpc) is 3.23. The minimum absolute atomic E-state index is 0.0478. The summed E-state index contributed by atoms with van der Waals surface area (Å²) in [6.07, 6.45) is 2.37. The number of carbonyl (C=O) groups is 3. The molecule has 0 saturated carbocycles. The fraction of sp³-hybridized carbons (Fsp3) is 0.412. The van der Waals surface area contributed by atoms with E-state index in [4.69, 9.17) is 0 Å². The van der Waals surface area contributed by atoms with Gasteiger partial charge in [0, 0.05) is 24.7 Å². The fourth-order valence-electron chi connectivity index (χ4n) is 4.09. The molecule has 9 nitrogen and oxygen atoms in total. The minimum atomic E-state index is -1.18. The zero-order chi connectivity index (χ0) is 19.6. The molecule has 1 fully saturated rings. The molecule has 0 unspecified atom stereocenters. The zero-order valence-electron chi connectivity index (χ0n) is 14.8. The summed E-state index contributed by atoms with van der Waals surface area (Å²) in [6.45, 7) is 3.40. The van der Waals surface area contributed by atoms with Gasteiger partial charge in [0.15, 0.2) is 5.69 Å². The van der Waals surface area contributed by atoms with Crippen LogP contribution in [0.3, 0.4) is 0 Å². The zero-order valence-corrected chi connectivity index (χ0v) is 15.6. The van der Waals surface area contributed by atoms with Crippen molar-refractivity contribution in [1.82, 2.24) is 19.6 Å². The van der Waals surface area contributed by atoms with Crippen LogP contribution in [-0.4, -0.2) is 61.5 Å². The minimum Gasteiger partial charge on any atom is -0.477 e. The second kappa shape index (κ2) is 5.89. The second-order valence-corrected chi connectivity index (χ2v) is 7.83. The van der Waals surface area contributed by atoms with Crippen molar-refractivity contribution in [1.29, 1.82) is 0 Å². The molecule has 27 heavy (non-hydrogen) atoms. The molecular formula is C17H18N4O5S. The first-order valence-electron chi connectivity index (χ1n) is 8.45. The van der Waals surface area contributed by atoms with Gasteiger partial charge in [0.1, 0.15) is 16.9 Å². The molecule has 0 radical (unpaired) electrons. The number of carboxylic acids is 1. The number of thiazole rings is 1. The Labute approximate surface area is 157 Å². The molecule has 1 saturated heterocycles. The summed E-state index contributed by atoms with van der Waals surface area (Å²) < 4.78 is 1.67. The summed E-state index contributed by atoms with van der Waals surface area (Å²) in [7, 11) is 1.51. The average molecular weight is 390 g/mol. The number of hydrogen-bond acceptors (Lipinski definition) is 6. The van der Waals surface area contributed by atoms with Gasteiger partial charge in [-0.3, -0.25) is 14.0 Å². The van der Waals surface area contributed by atoms with E-state index in [1.54, 1.807) is 17.5 Å². The lowest BCUT2D eigenvalue weighted by atomic mass is 9.77. The SMILES string of the molecule is CNC(=O)c1ncn2cc(C3=C(C(=O)O)N4C(=O)[C@H]([C@@H](C)O)[C@H]4[C@H]3C)sc12. The summed E-state index contributed by atoms with van der Waals surface area (Å²) in [6, 6.07) is -0.378. The number of amides is 2. The van der Waals surface area contributed by atoms with Crippen molar-refractivity contribution in [2.24, 2.45) is 11.8 Å². The maximum Gasteiger partial charge on any atom is 0.352 e. The largest absolute Gasteiger partial charge is 0.477 e. The highest BCUT2D eigenvalue weighted by molar-refractivity contribution is 7.18. The first-order valence-corrected chi connectivity index (χ1v) is 9.27. The maximum atomic E-state index is 12.4. The number of hydrogen-bond donors (Lipinski definition) is 3. The smallest absolute Gasteiger partial charge is 0.352 e. The third-order valence-electron chi connectivity index (χ3n) is 5.29. The summed E-state index contributed by atoms with van der Waals surface area (Å²) in [5, 5.41) is 22.2. The number of aliphatic carboxylic acids is 1. The Morgan fingerprint density at radius 3 is 2.70 bits per heavy atom. The number of aromatic nitrogens is 2. The molecule has 2 aromatic rings. The van der Waals surface area contributed by atoms with Gasteiger partial charge in [0.05, 0.1) is 22.9 Å². The standard InChI is InChI=1S/C17H18N4O5S/c1-6-9(8-4-20-5-19-11(14(23)18-3)16(20)27-8)13(17(25)26)21-12(6)10(7(2)22)15(21)24/h4-7,10,12,22H,1-3H3,(H,18,23)(H,25,26)/t6-,7+,10+,12+/m0/s1. The van der Waals surface area contributed by atoms with Gasteiger partial charge in [0.2, 0.25) is 5.91 Å². The summed E-state index contributed by atoms with van der Waals surface area (Å²) >= 11 is 1.26. The summed E-state index contributed by atoms with van der Waals surface area (Å²) in [5.74, 6) is -2.75. The number of rotatable bonds is 4. The molecule has 10 heteroatoms. The molecule has 2 aromatic heterocycles. The highest BCUT2D eigenvalue weighted by Crippen LogP contribution is 2.51. The van der Waals surface area contributed by atoms with Crippen molar-refractivity contribution in [3.63, 3.8) is 0 Å². The maximum absolute atomic E-state index is 12.4. The topological polar surface area (TPSA) is 124 Å². The number of carbonyl (C=O) groups excluding carboxylic acids is 2. The van der Waals surface area contributed by atoms with E-state index in [9.17, 15) is 24.6 Å². The van der Waals surface area contributed by atoms with Crippen LogP contribution in [-0.2, 0) is 9.59 Å². The Kier molecular flexibility index (Phi) is 3.86. The molecular weight excluding hydrogens is 372 g/mol. The Bertz CT molecular complexity index is 1020. The summed E-state index contributed by atoms with van der Waals surface area (Å²) in [4.78, 5) is 43.0. The lowest BCUT2D eigenvalue weighted by Gasteiger charge is -2.46. The molecule has 0 bridgehead atoms. The van der Waals surface area contributed by atoms with Crippen LogP contribution in [0.15, 0.2) is 18.2 Å². The first kappa shape index (κ1) is 17.7. The number of aliphatic hydroxyl groups excluding tert-OH is 1. The van der Waals surface area contributed by atoms with E-state index >= 15 is 0 Å². The molecule has 0 spiro atoms. The molecule has 3 N–H and O–H groups in total. The van der Waals surface area contributed by atoms with Gasteiger partial charge >= 0.3 is 5.97 Å².